The molecule has 0 saturated heterocycles. The van der Waals surface area contributed by atoms with Crippen LogP contribution in [0.4, 0.5) is 0 Å². The number of fused-ring (bicyclic) bond motifs is 1. The third kappa shape index (κ3) is 5.10. The van der Waals surface area contributed by atoms with E-state index in [1.165, 1.54) is 6.08 Å². The number of nitrogens with zero attached hydrogens (tertiary/aromatic N) is 1. The van der Waals surface area contributed by atoms with Crippen LogP contribution < -0.4 is 25.4 Å². The Labute approximate surface area is 169 Å². The van der Waals surface area contributed by atoms with Gasteiger partial charge in [-0.3, -0.25) is 9.59 Å². The van der Waals surface area contributed by atoms with Crippen LogP contribution in [-0.2, 0) is 9.59 Å². The van der Waals surface area contributed by atoms with Crippen LogP contribution in [0.1, 0.15) is 17.5 Å². The normalized spacial score (nSPS) is 15.3. The molecule has 0 aliphatic carbocycles. The van der Waals surface area contributed by atoms with Crippen LogP contribution in [0.15, 0.2) is 47.5 Å². The van der Waals surface area contributed by atoms with Gasteiger partial charge in [-0.1, -0.05) is 24.3 Å². The van der Waals surface area contributed by atoms with E-state index in [0.29, 0.717) is 29.8 Å². The van der Waals surface area contributed by atoms with Crippen LogP contribution in [0.2, 0.25) is 0 Å². The lowest BCUT2D eigenvalue weighted by Gasteiger charge is -2.12. The molecule has 6 nitrogen and oxygen atoms in total. The molecule has 2 aromatic rings. The zero-order valence-corrected chi connectivity index (χ0v) is 16.8. The Balaban J connectivity index is 1.55. The summed E-state index contributed by atoms with van der Waals surface area (Å²) in [5.41, 5.74) is 1.89. The number of hydrogen-bond acceptors (Lipinski definition) is 4. The van der Waals surface area contributed by atoms with Crippen molar-refractivity contribution in [3.63, 3.8) is 0 Å². The summed E-state index contributed by atoms with van der Waals surface area (Å²) >= 11 is 0. The molecule has 1 atom stereocenters. The fourth-order valence-corrected chi connectivity index (χ4v) is 3.13. The summed E-state index contributed by atoms with van der Waals surface area (Å²) < 4.78 is 10.5. The van der Waals surface area contributed by atoms with Crippen LogP contribution in [0.25, 0.3) is 12.2 Å². The molecular formula is C23H24N2O4. The van der Waals surface area contributed by atoms with E-state index < -0.39 is 0 Å². The second-order valence-corrected chi connectivity index (χ2v) is 6.81. The summed E-state index contributed by atoms with van der Waals surface area (Å²) in [5, 5.41) is 4.48. The Bertz CT molecular complexity index is 1070. The first-order valence-electron chi connectivity index (χ1n) is 9.39. The molecular weight excluding hydrogens is 368 g/mol. The van der Waals surface area contributed by atoms with E-state index >= 15 is 0 Å². The minimum Gasteiger partial charge on any atom is -0.493 e. The molecule has 1 unspecified atom stereocenters. The Kier molecular flexibility index (Phi) is 6.44. The first kappa shape index (κ1) is 20.3. The molecule has 6 heteroatoms. The number of carbonyl (C=O) groups is 2. The highest BCUT2D eigenvalue weighted by molar-refractivity contribution is 5.92. The molecule has 0 bridgehead atoms. The maximum absolute atomic E-state index is 12.2. The number of ether oxygens (including phenoxy) is 2. The number of hydrogen-bond donors (Lipinski definition) is 1. The smallest absolute Gasteiger partial charge is 0.253 e. The molecule has 0 radical (unpaired) electrons. The number of rotatable bonds is 7. The Morgan fingerprint density at radius 1 is 1.14 bits per heavy atom. The average Bonchev–Trinajstić information content (AvgIpc) is 2.72. The highest BCUT2D eigenvalue weighted by Crippen LogP contribution is 2.27. The van der Waals surface area contributed by atoms with E-state index in [-0.39, 0.29) is 17.7 Å². The zero-order valence-electron chi connectivity index (χ0n) is 16.8. The predicted molar refractivity (Wildman–Crippen MR) is 111 cm³/mol. The zero-order chi connectivity index (χ0) is 20.8. The third-order valence-electron chi connectivity index (χ3n) is 4.70. The Hall–Kier alpha value is -3.41. The molecule has 3 rings (SSSR count). The van der Waals surface area contributed by atoms with E-state index in [2.05, 4.69) is 10.3 Å². The van der Waals surface area contributed by atoms with Crippen molar-refractivity contribution >= 4 is 24.0 Å². The first-order valence-corrected chi connectivity index (χ1v) is 9.39. The number of carbonyl (C=O) groups excluding carboxylic acids is 2. The molecule has 1 aliphatic heterocycles. The maximum Gasteiger partial charge on any atom is 0.253 e. The summed E-state index contributed by atoms with van der Waals surface area (Å²) in [6, 6.07) is 11.3. The van der Waals surface area contributed by atoms with Crippen LogP contribution in [0, 0.1) is 12.8 Å². The summed E-state index contributed by atoms with van der Waals surface area (Å²) in [4.78, 5) is 28.5. The molecule has 0 spiro atoms. The third-order valence-corrected chi connectivity index (χ3v) is 4.70. The number of amides is 2. The summed E-state index contributed by atoms with van der Waals surface area (Å²) in [5.74, 6) is 0.514. The monoisotopic (exact) mass is 392 g/mol. The van der Waals surface area contributed by atoms with Crippen LogP contribution in [0.3, 0.4) is 0 Å². The number of methoxy groups -OCH3 is 2. The van der Waals surface area contributed by atoms with E-state index in [1.54, 1.807) is 32.4 Å². The van der Waals surface area contributed by atoms with Gasteiger partial charge < -0.3 is 14.8 Å². The van der Waals surface area contributed by atoms with Gasteiger partial charge in [0, 0.05) is 12.6 Å². The van der Waals surface area contributed by atoms with Crippen molar-refractivity contribution in [3.05, 3.63) is 64.2 Å². The molecule has 150 valence electrons. The minimum atomic E-state index is -0.319. The molecule has 1 heterocycles. The average molecular weight is 392 g/mol. The standard InChI is InChI=1S/C23H24N2O4/c1-15-4-7-17-14-18(23(27)25-19(17)12-15)10-11-24-22(26)9-6-16-5-8-20(28-2)21(13-16)29-3/h4-9,12-14,18H,10-11H2,1-3H3,(H,24,26)/b9-6+. The molecule has 0 saturated carbocycles. The highest BCUT2D eigenvalue weighted by atomic mass is 16.5. The van der Waals surface area contributed by atoms with Crippen molar-refractivity contribution < 1.29 is 19.1 Å². The molecule has 2 aromatic carbocycles. The molecule has 0 fully saturated rings. The fraction of sp³-hybridized carbons (Fsp3) is 0.261. The van der Waals surface area contributed by atoms with Gasteiger partial charge in [-0.15, -0.1) is 0 Å². The largest absolute Gasteiger partial charge is 0.493 e. The summed E-state index contributed by atoms with van der Waals surface area (Å²) in [6.07, 6.45) is 5.58. The molecule has 29 heavy (non-hydrogen) atoms. The first-order chi connectivity index (χ1) is 14.0. The van der Waals surface area contributed by atoms with Gasteiger partial charge in [0.15, 0.2) is 11.5 Å². The van der Waals surface area contributed by atoms with Crippen molar-refractivity contribution in [2.45, 2.75) is 13.3 Å². The number of aryl methyl sites for hydroxylation is 1. The van der Waals surface area contributed by atoms with E-state index in [4.69, 9.17) is 9.47 Å². The topological polar surface area (TPSA) is 77.0 Å². The lowest BCUT2D eigenvalue weighted by molar-refractivity contribution is -0.121. The van der Waals surface area contributed by atoms with Gasteiger partial charge in [0.2, 0.25) is 5.91 Å². The Morgan fingerprint density at radius 2 is 1.93 bits per heavy atom. The van der Waals surface area contributed by atoms with Gasteiger partial charge in [-0.2, -0.15) is 0 Å². The molecule has 1 N–H and O–H groups in total. The SMILES string of the molecule is COc1ccc(/C=C/C(=O)NCCC2C=c3ccc(C)cc3=NC2=O)cc1OC. The summed E-state index contributed by atoms with van der Waals surface area (Å²) in [6.45, 7) is 2.36. The second kappa shape index (κ2) is 9.19. The molecule has 2 amide bonds. The van der Waals surface area contributed by atoms with Crippen LogP contribution >= 0.6 is 0 Å². The van der Waals surface area contributed by atoms with Gasteiger partial charge >= 0.3 is 0 Å². The summed E-state index contributed by atoms with van der Waals surface area (Å²) in [7, 11) is 3.13. The van der Waals surface area contributed by atoms with E-state index in [9.17, 15) is 9.59 Å². The predicted octanol–water partition coefficient (Wildman–Crippen LogP) is 1.79. The lowest BCUT2D eigenvalue weighted by atomic mass is 10.00. The highest BCUT2D eigenvalue weighted by Gasteiger charge is 2.18. The van der Waals surface area contributed by atoms with E-state index in [0.717, 1.165) is 16.3 Å². The molecule has 0 aromatic heterocycles. The Morgan fingerprint density at radius 3 is 2.69 bits per heavy atom. The van der Waals surface area contributed by atoms with Crippen LogP contribution in [0.5, 0.6) is 11.5 Å². The van der Waals surface area contributed by atoms with Gasteiger partial charge in [0.25, 0.3) is 5.91 Å². The van der Waals surface area contributed by atoms with Gasteiger partial charge in [0.05, 0.1) is 25.5 Å². The number of benzene rings is 2. The quantitative estimate of drug-likeness (QED) is 0.729. The van der Waals surface area contributed by atoms with Crippen molar-refractivity contribution in [1.29, 1.82) is 0 Å². The van der Waals surface area contributed by atoms with E-state index in [1.807, 2.05) is 37.3 Å². The van der Waals surface area contributed by atoms with Crippen LogP contribution in [-0.4, -0.2) is 32.6 Å². The van der Waals surface area contributed by atoms with Crippen molar-refractivity contribution in [2.75, 3.05) is 20.8 Å². The molecule has 1 aliphatic rings. The van der Waals surface area contributed by atoms with Crippen molar-refractivity contribution in [1.82, 2.24) is 5.32 Å². The maximum atomic E-state index is 12.2. The van der Waals surface area contributed by atoms with Gasteiger partial charge in [-0.05, 0) is 54.0 Å². The second-order valence-electron chi connectivity index (χ2n) is 6.81. The van der Waals surface area contributed by atoms with Crippen molar-refractivity contribution in [3.8, 4) is 11.5 Å². The van der Waals surface area contributed by atoms with Gasteiger partial charge in [0.1, 0.15) is 0 Å². The van der Waals surface area contributed by atoms with Gasteiger partial charge in [-0.25, -0.2) is 4.99 Å². The van der Waals surface area contributed by atoms with Crippen molar-refractivity contribution in [2.24, 2.45) is 10.9 Å². The number of nitrogens with one attached hydrogen (secondary N) is 1. The fourth-order valence-electron chi connectivity index (χ4n) is 3.13. The lowest BCUT2D eigenvalue weighted by Crippen LogP contribution is -2.35. The minimum absolute atomic E-state index is 0.168.